The quantitative estimate of drug-likeness (QED) is 0.214. The van der Waals surface area contributed by atoms with E-state index in [2.05, 4.69) is 26.8 Å². The number of hydrogen-bond acceptors (Lipinski definition) is 5. The summed E-state index contributed by atoms with van der Waals surface area (Å²) in [5, 5.41) is 6.40. The second kappa shape index (κ2) is 13.4. The first kappa shape index (κ1) is 32.4. The van der Waals surface area contributed by atoms with Crippen molar-refractivity contribution in [1.82, 2.24) is 25.1 Å². The van der Waals surface area contributed by atoms with Crippen molar-refractivity contribution in [3.8, 4) is 0 Å². The number of aromatic amines is 1. The molecule has 1 aliphatic rings. The number of pyridine rings is 1. The third-order valence-electron chi connectivity index (χ3n) is 8.19. The number of H-pyrrole nitrogens is 1. The minimum atomic E-state index is -4.23. The zero-order valence-electron chi connectivity index (χ0n) is 24.9. The number of carbonyl (C=O) groups excluding carboxylic acids is 2. The topological polar surface area (TPSA) is 99.2 Å². The van der Waals surface area contributed by atoms with Crippen LogP contribution in [0.25, 0.3) is 10.9 Å². The van der Waals surface area contributed by atoms with E-state index in [9.17, 15) is 27.6 Å². The second-order valence-corrected chi connectivity index (χ2v) is 11.9. The molecule has 0 saturated carbocycles. The van der Waals surface area contributed by atoms with Gasteiger partial charge in [0.1, 0.15) is 0 Å². The molecule has 2 amide bonds. The number of likely N-dealkylation sites (tertiary alicyclic amines) is 1. The normalized spacial score (nSPS) is 15.4. The fraction of sp³-hybridized carbons (Fsp3) is 0.452. The van der Waals surface area contributed by atoms with E-state index in [0.29, 0.717) is 42.4 Å². The molecule has 1 atom stereocenters. The first-order chi connectivity index (χ1) is 20.3. The molecular formula is C31H38F3N5O3S. The number of amides is 2. The molecule has 0 unspecified atom stereocenters. The Morgan fingerprint density at radius 1 is 1.16 bits per heavy atom. The number of alkyl halides is 3. The van der Waals surface area contributed by atoms with E-state index >= 15 is 0 Å². The first-order valence-electron chi connectivity index (χ1n) is 14.2. The molecule has 3 heterocycles. The minimum Gasteiger partial charge on any atom is -0.348 e. The predicted octanol–water partition coefficient (Wildman–Crippen LogP) is 5.24. The van der Waals surface area contributed by atoms with Crippen molar-refractivity contribution in [2.24, 2.45) is 5.92 Å². The SMILES string of the molecule is C=CC(=O)NCc1ccc2c(c1)c(C(=O)NCc1c(SC)cc(C)[nH]c1=O)c(C)n2[C@H](C)C1CCN(CC(F)(F)F)CC1. The Kier molecular flexibility index (Phi) is 10.1. The Hall–Kier alpha value is -3.51. The van der Waals surface area contributed by atoms with Crippen LogP contribution in [0.15, 0.2) is 46.6 Å². The number of carbonyl (C=O) groups is 2. The van der Waals surface area contributed by atoms with Crippen molar-refractivity contribution < 1.29 is 22.8 Å². The Balaban J connectivity index is 1.67. The molecule has 12 heteroatoms. The Bertz CT molecular complexity index is 1570. The number of aryl methyl sites for hydroxylation is 1. The number of fused-ring (bicyclic) bond motifs is 1. The van der Waals surface area contributed by atoms with Crippen LogP contribution in [-0.2, 0) is 17.9 Å². The van der Waals surface area contributed by atoms with Crippen LogP contribution < -0.4 is 16.2 Å². The van der Waals surface area contributed by atoms with Gasteiger partial charge in [0.05, 0.1) is 12.1 Å². The number of nitrogens with zero attached hydrogens (tertiary/aromatic N) is 2. The van der Waals surface area contributed by atoms with Crippen molar-refractivity contribution in [2.75, 3.05) is 25.9 Å². The molecule has 0 spiro atoms. The van der Waals surface area contributed by atoms with Crippen LogP contribution >= 0.6 is 11.8 Å². The predicted molar refractivity (Wildman–Crippen MR) is 163 cm³/mol. The van der Waals surface area contributed by atoms with E-state index in [1.54, 1.807) is 6.92 Å². The van der Waals surface area contributed by atoms with Crippen molar-refractivity contribution in [3.05, 3.63) is 75.4 Å². The summed E-state index contributed by atoms with van der Waals surface area (Å²) < 4.78 is 40.9. The summed E-state index contributed by atoms with van der Waals surface area (Å²) in [5.74, 6) is -0.533. The molecule has 2 aromatic heterocycles. The Labute approximate surface area is 253 Å². The maximum absolute atomic E-state index is 13.8. The molecule has 0 aliphatic carbocycles. The van der Waals surface area contributed by atoms with E-state index in [4.69, 9.17) is 0 Å². The lowest BCUT2D eigenvalue weighted by molar-refractivity contribution is -0.149. The molecule has 232 valence electrons. The van der Waals surface area contributed by atoms with E-state index in [1.807, 2.05) is 44.4 Å². The number of nitrogens with one attached hydrogen (secondary N) is 3. The van der Waals surface area contributed by atoms with Crippen molar-refractivity contribution >= 4 is 34.5 Å². The van der Waals surface area contributed by atoms with Gasteiger partial charge in [0.25, 0.3) is 11.5 Å². The standard InChI is InChI=1S/C31H38F3N5O3S/c1-6-27(40)35-15-21-7-8-25-23(14-21)28(30(42)36-16-24-26(43-5)13-18(2)37-29(24)41)20(4)39(25)19(3)22-9-11-38(12-10-22)17-31(32,33)34/h6-8,13-14,19,22H,1,9-12,15-17H2,2-5H3,(H,35,40)(H,36,42)(H,37,41)/t19-/m1/s1. The number of rotatable bonds is 10. The van der Waals surface area contributed by atoms with Crippen LogP contribution in [0.1, 0.15) is 58.7 Å². The molecule has 1 saturated heterocycles. The van der Waals surface area contributed by atoms with Gasteiger partial charge in [-0.1, -0.05) is 12.6 Å². The maximum Gasteiger partial charge on any atom is 0.401 e. The van der Waals surface area contributed by atoms with Gasteiger partial charge in [0.2, 0.25) is 5.91 Å². The molecule has 1 fully saturated rings. The number of piperidine rings is 1. The van der Waals surface area contributed by atoms with Crippen molar-refractivity contribution in [1.29, 1.82) is 0 Å². The molecule has 4 rings (SSSR count). The number of thioether (sulfide) groups is 1. The lowest BCUT2D eigenvalue weighted by atomic mass is 9.90. The third-order valence-corrected chi connectivity index (χ3v) is 9.00. The summed E-state index contributed by atoms with van der Waals surface area (Å²) >= 11 is 1.43. The second-order valence-electron chi connectivity index (χ2n) is 11.1. The highest BCUT2D eigenvalue weighted by Gasteiger charge is 2.34. The molecule has 1 aromatic carbocycles. The van der Waals surface area contributed by atoms with Gasteiger partial charge in [-0.15, -0.1) is 11.8 Å². The smallest absolute Gasteiger partial charge is 0.348 e. The summed E-state index contributed by atoms with van der Waals surface area (Å²) in [6.45, 7) is 9.29. The van der Waals surface area contributed by atoms with E-state index in [1.165, 1.54) is 22.7 Å². The highest BCUT2D eigenvalue weighted by atomic mass is 32.2. The highest BCUT2D eigenvalue weighted by molar-refractivity contribution is 7.98. The highest BCUT2D eigenvalue weighted by Crippen LogP contribution is 2.36. The zero-order valence-corrected chi connectivity index (χ0v) is 25.7. The van der Waals surface area contributed by atoms with Gasteiger partial charge >= 0.3 is 6.18 Å². The van der Waals surface area contributed by atoms with Crippen LogP contribution in [0.4, 0.5) is 13.2 Å². The number of halogens is 3. The van der Waals surface area contributed by atoms with Crippen molar-refractivity contribution in [3.63, 3.8) is 0 Å². The molecular weight excluding hydrogens is 579 g/mol. The molecule has 43 heavy (non-hydrogen) atoms. The zero-order chi connectivity index (χ0) is 31.5. The Morgan fingerprint density at radius 2 is 1.86 bits per heavy atom. The lowest BCUT2D eigenvalue weighted by Crippen LogP contribution is -2.41. The molecule has 1 aliphatic heterocycles. The molecule has 3 aromatic rings. The van der Waals surface area contributed by atoms with Gasteiger partial charge in [0.15, 0.2) is 0 Å². The molecule has 0 bridgehead atoms. The summed E-state index contributed by atoms with van der Waals surface area (Å²) in [7, 11) is 0. The minimum absolute atomic E-state index is 0.0407. The van der Waals surface area contributed by atoms with Gasteiger partial charge in [-0.2, -0.15) is 13.2 Å². The molecule has 0 radical (unpaired) electrons. The van der Waals surface area contributed by atoms with Gasteiger partial charge in [-0.3, -0.25) is 19.3 Å². The largest absolute Gasteiger partial charge is 0.401 e. The average Bonchev–Trinajstić information content (AvgIpc) is 3.24. The summed E-state index contributed by atoms with van der Waals surface area (Å²) in [4.78, 5) is 43.3. The molecule has 3 N–H and O–H groups in total. The lowest BCUT2D eigenvalue weighted by Gasteiger charge is -2.36. The average molecular weight is 618 g/mol. The van der Waals surface area contributed by atoms with Crippen LogP contribution in [0, 0.1) is 19.8 Å². The maximum atomic E-state index is 13.8. The summed E-state index contributed by atoms with van der Waals surface area (Å²) in [6, 6.07) is 7.48. The van der Waals surface area contributed by atoms with Crippen LogP contribution in [-0.4, -0.2) is 58.3 Å². The number of benzene rings is 1. The van der Waals surface area contributed by atoms with E-state index in [-0.39, 0.29) is 42.4 Å². The van der Waals surface area contributed by atoms with E-state index < -0.39 is 12.7 Å². The van der Waals surface area contributed by atoms with Crippen LogP contribution in [0.3, 0.4) is 0 Å². The number of aromatic nitrogens is 2. The van der Waals surface area contributed by atoms with Crippen molar-refractivity contribution in [2.45, 2.75) is 63.8 Å². The van der Waals surface area contributed by atoms with Gasteiger partial charge in [-0.25, -0.2) is 0 Å². The number of hydrogen-bond donors (Lipinski definition) is 3. The first-order valence-corrected chi connectivity index (χ1v) is 15.4. The van der Waals surface area contributed by atoms with Gasteiger partial charge < -0.3 is 20.2 Å². The van der Waals surface area contributed by atoms with Gasteiger partial charge in [-0.05, 0) is 88.7 Å². The molecule has 8 nitrogen and oxygen atoms in total. The van der Waals surface area contributed by atoms with Gasteiger partial charge in [0, 0.05) is 51.9 Å². The fourth-order valence-electron chi connectivity index (χ4n) is 6.02. The van der Waals surface area contributed by atoms with Crippen LogP contribution in [0.5, 0.6) is 0 Å². The monoisotopic (exact) mass is 617 g/mol. The Morgan fingerprint density at radius 3 is 2.49 bits per heavy atom. The van der Waals surface area contributed by atoms with E-state index in [0.717, 1.165) is 27.4 Å². The third kappa shape index (κ3) is 7.53. The summed E-state index contributed by atoms with van der Waals surface area (Å²) in [5.41, 5.74) is 3.76. The fourth-order valence-corrected chi connectivity index (χ4v) is 6.73. The summed E-state index contributed by atoms with van der Waals surface area (Å²) in [6.07, 6.45) is 0.0551. The van der Waals surface area contributed by atoms with Crippen LogP contribution in [0.2, 0.25) is 0 Å².